The third-order valence-electron chi connectivity index (χ3n) is 4.50. The normalized spacial score (nSPS) is 11.1. The van der Waals surface area contributed by atoms with E-state index in [1.807, 2.05) is 23.2 Å². The van der Waals surface area contributed by atoms with Crippen molar-refractivity contribution in [2.45, 2.75) is 51.4 Å². The molecule has 10 heteroatoms. The van der Waals surface area contributed by atoms with Gasteiger partial charge in [-0.2, -0.15) is 0 Å². The van der Waals surface area contributed by atoms with Crippen molar-refractivity contribution in [3.63, 3.8) is 0 Å². The van der Waals surface area contributed by atoms with Gasteiger partial charge < -0.3 is 10.6 Å². The first-order chi connectivity index (χ1) is 14.8. The van der Waals surface area contributed by atoms with E-state index in [4.69, 9.17) is 0 Å². The average Bonchev–Trinajstić information content (AvgIpc) is 3.54. The van der Waals surface area contributed by atoms with Crippen molar-refractivity contribution in [1.82, 2.24) is 19.9 Å². The highest BCUT2D eigenvalue weighted by Gasteiger charge is 2.05. The minimum atomic E-state index is 0.904. The highest BCUT2D eigenvalue weighted by Crippen LogP contribution is 2.26. The Morgan fingerprint density at radius 1 is 0.567 bits per heavy atom. The number of aromatic nitrogens is 4. The van der Waals surface area contributed by atoms with Gasteiger partial charge in [-0.25, -0.2) is 19.9 Å². The van der Waals surface area contributed by atoms with Crippen LogP contribution in [0.3, 0.4) is 0 Å². The molecule has 30 heavy (non-hydrogen) atoms. The second kappa shape index (κ2) is 11.5. The first kappa shape index (κ1) is 21.4. The first-order valence-electron chi connectivity index (χ1n) is 10.1. The molecule has 0 unspecified atom stereocenters. The molecule has 0 amide bonds. The predicted octanol–water partition coefficient (Wildman–Crippen LogP) is 7.13. The van der Waals surface area contributed by atoms with E-state index in [2.05, 4.69) is 30.6 Å². The largest absolute Gasteiger partial charge is 0.307 e. The molecule has 6 nitrogen and oxygen atoms in total. The molecule has 4 heterocycles. The molecule has 0 fully saturated rings. The molecule has 4 aromatic rings. The summed E-state index contributed by atoms with van der Waals surface area (Å²) in [6.07, 6.45) is 17.5. The van der Waals surface area contributed by atoms with Crippen molar-refractivity contribution in [3.8, 4) is 0 Å². The van der Waals surface area contributed by atoms with E-state index in [1.54, 1.807) is 57.7 Å². The van der Waals surface area contributed by atoms with Crippen LogP contribution in [0.25, 0.3) is 0 Å². The van der Waals surface area contributed by atoms with Crippen LogP contribution in [-0.4, -0.2) is 19.9 Å². The van der Waals surface area contributed by atoms with E-state index in [0.717, 1.165) is 33.4 Å². The Balaban J connectivity index is 1.04. The fraction of sp³-hybridized carbons (Fsp3) is 0.400. The standard InChI is InChI=1S/C20H24N6S4/c1(3-5-7-15-13-23-19(29-15)25-17-21-9-11-27-17)2-4-6-8-16-14-24-20(30-16)26-18-22-10-12-28-18/h9-14H,1-8H2,(H,21,23,25)(H,22,24,26). The summed E-state index contributed by atoms with van der Waals surface area (Å²) in [5.41, 5.74) is 0. The smallest absolute Gasteiger partial charge is 0.189 e. The van der Waals surface area contributed by atoms with Gasteiger partial charge in [0.1, 0.15) is 0 Å². The van der Waals surface area contributed by atoms with Gasteiger partial charge in [-0.1, -0.05) is 25.7 Å². The maximum atomic E-state index is 4.44. The topological polar surface area (TPSA) is 75.6 Å². The van der Waals surface area contributed by atoms with Crippen LogP contribution in [0.15, 0.2) is 35.5 Å². The predicted molar refractivity (Wildman–Crippen MR) is 130 cm³/mol. The fourth-order valence-electron chi connectivity index (χ4n) is 3.02. The Hall–Kier alpha value is -1.88. The monoisotopic (exact) mass is 476 g/mol. The Morgan fingerprint density at radius 2 is 1.03 bits per heavy atom. The zero-order valence-electron chi connectivity index (χ0n) is 16.5. The third kappa shape index (κ3) is 6.83. The van der Waals surface area contributed by atoms with Crippen LogP contribution in [0.2, 0.25) is 0 Å². The molecule has 0 aliphatic rings. The molecule has 0 saturated carbocycles. The second-order valence-electron chi connectivity index (χ2n) is 6.81. The number of nitrogens with zero attached hydrogens (tertiary/aromatic N) is 4. The minimum Gasteiger partial charge on any atom is -0.307 e. The highest BCUT2D eigenvalue weighted by molar-refractivity contribution is 7.17. The van der Waals surface area contributed by atoms with Crippen molar-refractivity contribution in [3.05, 3.63) is 45.3 Å². The molecular weight excluding hydrogens is 453 g/mol. The van der Waals surface area contributed by atoms with Crippen LogP contribution >= 0.6 is 45.3 Å². The molecule has 0 radical (unpaired) electrons. The van der Waals surface area contributed by atoms with E-state index >= 15 is 0 Å². The molecule has 4 aromatic heterocycles. The average molecular weight is 477 g/mol. The SMILES string of the molecule is c1csc(Nc2ncc(CCCCCCCCc3cnc(Nc4nccs4)s3)s2)n1. The number of aryl methyl sites for hydroxylation is 2. The molecular formula is C20H24N6S4. The van der Waals surface area contributed by atoms with E-state index < -0.39 is 0 Å². The number of unbranched alkanes of at least 4 members (excludes halogenated alkanes) is 5. The van der Waals surface area contributed by atoms with Gasteiger partial charge in [0.2, 0.25) is 0 Å². The lowest BCUT2D eigenvalue weighted by molar-refractivity contribution is 0.596. The van der Waals surface area contributed by atoms with E-state index in [0.29, 0.717) is 0 Å². The van der Waals surface area contributed by atoms with Crippen LogP contribution in [0.5, 0.6) is 0 Å². The Bertz CT molecular complexity index is 896. The summed E-state index contributed by atoms with van der Waals surface area (Å²) in [6, 6.07) is 0. The van der Waals surface area contributed by atoms with Crippen molar-refractivity contribution in [1.29, 1.82) is 0 Å². The van der Waals surface area contributed by atoms with Gasteiger partial charge in [0.15, 0.2) is 20.5 Å². The molecule has 158 valence electrons. The number of anilines is 4. The Kier molecular flexibility index (Phi) is 8.18. The van der Waals surface area contributed by atoms with Crippen LogP contribution in [-0.2, 0) is 12.8 Å². The summed E-state index contributed by atoms with van der Waals surface area (Å²) in [5, 5.41) is 14.1. The van der Waals surface area contributed by atoms with Gasteiger partial charge in [-0.05, 0) is 25.7 Å². The van der Waals surface area contributed by atoms with Gasteiger partial charge in [0, 0.05) is 45.3 Å². The minimum absolute atomic E-state index is 0.904. The van der Waals surface area contributed by atoms with Gasteiger partial charge in [0.25, 0.3) is 0 Å². The zero-order chi connectivity index (χ0) is 20.4. The van der Waals surface area contributed by atoms with E-state index in [1.165, 1.54) is 48.3 Å². The summed E-state index contributed by atoms with van der Waals surface area (Å²) in [4.78, 5) is 20.1. The summed E-state index contributed by atoms with van der Waals surface area (Å²) in [6.45, 7) is 0. The Labute approximate surface area is 192 Å². The number of rotatable bonds is 13. The summed E-state index contributed by atoms with van der Waals surface area (Å²) in [5.74, 6) is 0. The molecule has 0 bridgehead atoms. The van der Waals surface area contributed by atoms with Crippen LogP contribution < -0.4 is 10.6 Å². The number of hydrogen-bond donors (Lipinski definition) is 2. The number of thiazole rings is 4. The van der Waals surface area contributed by atoms with Crippen molar-refractivity contribution in [2.75, 3.05) is 10.6 Å². The maximum absolute atomic E-state index is 4.44. The maximum Gasteiger partial charge on any atom is 0.189 e. The molecule has 0 saturated heterocycles. The number of hydrogen-bond acceptors (Lipinski definition) is 10. The summed E-state index contributed by atoms with van der Waals surface area (Å²) < 4.78 is 0. The lowest BCUT2D eigenvalue weighted by Crippen LogP contribution is -1.86. The highest BCUT2D eigenvalue weighted by atomic mass is 32.1. The van der Waals surface area contributed by atoms with Gasteiger partial charge in [0.05, 0.1) is 0 Å². The lowest BCUT2D eigenvalue weighted by Gasteiger charge is -2.01. The molecule has 0 aromatic carbocycles. The molecule has 0 aliphatic carbocycles. The molecule has 0 aliphatic heterocycles. The molecule has 4 rings (SSSR count). The quantitative estimate of drug-likeness (QED) is 0.200. The third-order valence-corrected chi connectivity index (χ3v) is 7.82. The van der Waals surface area contributed by atoms with E-state index in [-0.39, 0.29) is 0 Å². The van der Waals surface area contributed by atoms with E-state index in [9.17, 15) is 0 Å². The van der Waals surface area contributed by atoms with Crippen molar-refractivity contribution >= 4 is 65.9 Å². The van der Waals surface area contributed by atoms with Crippen molar-refractivity contribution < 1.29 is 0 Å². The van der Waals surface area contributed by atoms with Gasteiger partial charge >= 0.3 is 0 Å². The van der Waals surface area contributed by atoms with Crippen LogP contribution in [0.4, 0.5) is 20.5 Å². The fourth-order valence-corrected chi connectivity index (χ4v) is 5.91. The van der Waals surface area contributed by atoms with Gasteiger partial charge in [-0.15, -0.1) is 45.3 Å². The lowest BCUT2D eigenvalue weighted by atomic mass is 10.1. The van der Waals surface area contributed by atoms with Crippen LogP contribution in [0, 0.1) is 0 Å². The van der Waals surface area contributed by atoms with Crippen molar-refractivity contribution in [2.24, 2.45) is 0 Å². The van der Waals surface area contributed by atoms with Gasteiger partial charge in [-0.3, -0.25) is 0 Å². The summed E-state index contributed by atoms with van der Waals surface area (Å²) in [7, 11) is 0. The summed E-state index contributed by atoms with van der Waals surface area (Å²) >= 11 is 6.66. The first-order valence-corrected chi connectivity index (χ1v) is 13.5. The molecule has 0 atom stereocenters. The Morgan fingerprint density at radius 3 is 1.47 bits per heavy atom. The van der Waals surface area contributed by atoms with Crippen LogP contribution in [0.1, 0.15) is 48.3 Å². The second-order valence-corrected chi connectivity index (χ2v) is 10.8. The zero-order valence-corrected chi connectivity index (χ0v) is 19.8. The molecule has 0 spiro atoms. The molecule has 2 N–H and O–H groups in total. The number of nitrogens with one attached hydrogen (secondary N) is 2.